The second kappa shape index (κ2) is 8.86. The van der Waals surface area contributed by atoms with Crippen LogP contribution in [0.15, 0.2) is 42.7 Å². The van der Waals surface area contributed by atoms with Crippen molar-refractivity contribution < 1.29 is 4.79 Å². The lowest BCUT2D eigenvalue weighted by Crippen LogP contribution is -2.44. The number of nitrogens with one attached hydrogen (secondary N) is 1. The Kier molecular flexibility index (Phi) is 6.29. The van der Waals surface area contributed by atoms with Gasteiger partial charge in [-0.1, -0.05) is 0 Å². The van der Waals surface area contributed by atoms with Gasteiger partial charge in [-0.15, -0.1) is 0 Å². The molecule has 0 atom stereocenters. The van der Waals surface area contributed by atoms with E-state index in [9.17, 15) is 4.79 Å². The highest BCUT2D eigenvalue weighted by Crippen LogP contribution is 2.22. The third-order valence-electron chi connectivity index (χ3n) is 5.06. The van der Waals surface area contributed by atoms with Crippen molar-refractivity contribution in [2.45, 2.75) is 13.8 Å². The van der Waals surface area contributed by atoms with Crippen LogP contribution in [0.4, 0.5) is 17.1 Å². The van der Waals surface area contributed by atoms with Gasteiger partial charge in [-0.25, -0.2) is 0 Å². The summed E-state index contributed by atoms with van der Waals surface area (Å²) < 4.78 is 0. The fourth-order valence-corrected chi connectivity index (χ4v) is 3.31. The van der Waals surface area contributed by atoms with E-state index >= 15 is 0 Å². The standard InChI is InChI=1S/C21H29N5O/c1-4-25(5-2)21(27)17-14-19(16-22-15-17)23-18-6-8-20(9-7-18)26-12-10-24(3)11-13-26/h6-9,14-16,23H,4-5,10-13H2,1-3H3. The average Bonchev–Trinajstić information content (AvgIpc) is 2.70. The SMILES string of the molecule is CCN(CC)C(=O)c1cncc(Nc2ccc(N3CCN(C)CC3)cc2)c1. The highest BCUT2D eigenvalue weighted by molar-refractivity contribution is 5.94. The first-order valence-corrected chi connectivity index (χ1v) is 9.65. The van der Waals surface area contributed by atoms with Gasteiger partial charge in [0.15, 0.2) is 0 Å². The molecule has 6 heteroatoms. The molecule has 0 unspecified atom stereocenters. The van der Waals surface area contributed by atoms with Crippen LogP contribution in [-0.2, 0) is 0 Å². The van der Waals surface area contributed by atoms with Crippen molar-refractivity contribution in [3.05, 3.63) is 48.3 Å². The Labute approximate surface area is 161 Å². The summed E-state index contributed by atoms with van der Waals surface area (Å²) in [6.45, 7) is 9.67. The number of hydrogen-bond acceptors (Lipinski definition) is 5. The molecule has 1 aromatic heterocycles. The van der Waals surface area contributed by atoms with E-state index in [4.69, 9.17) is 0 Å². The van der Waals surface area contributed by atoms with Crippen LogP contribution >= 0.6 is 0 Å². The quantitative estimate of drug-likeness (QED) is 0.850. The molecule has 1 amide bonds. The van der Waals surface area contributed by atoms with Crippen LogP contribution in [0.1, 0.15) is 24.2 Å². The lowest BCUT2D eigenvalue weighted by molar-refractivity contribution is 0.0772. The lowest BCUT2D eigenvalue weighted by atomic mass is 10.2. The van der Waals surface area contributed by atoms with E-state index in [2.05, 4.69) is 51.4 Å². The predicted molar refractivity (Wildman–Crippen MR) is 111 cm³/mol. The Morgan fingerprint density at radius 1 is 1.04 bits per heavy atom. The summed E-state index contributed by atoms with van der Waals surface area (Å²) in [6.07, 6.45) is 3.37. The highest BCUT2D eigenvalue weighted by atomic mass is 16.2. The topological polar surface area (TPSA) is 51.7 Å². The summed E-state index contributed by atoms with van der Waals surface area (Å²) in [5.41, 5.74) is 3.66. The minimum Gasteiger partial charge on any atom is -0.369 e. The van der Waals surface area contributed by atoms with Gasteiger partial charge in [0, 0.05) is 56.8 Å². The van der Waals surface area contributed by atoms with Gasteiger partial charge in [0.05, 0.1) is 17.4 Å². The summed E-state index contributed by atoms with van der Waals surface area (Å²) >= 11 is 0. The molecule has 0 radical (unpaired) electrons. The fourth-order valence-electron chi connectivity index (χ4n) is 3.31. The molecule has 1 aromatic carbocycles. The molecule has 3 rings (SSSR count). The van der Waals surface area contributed by atoms with E-state index < -0.39 is 0 Å². The van der Waals surface area contributed by atoms with Crippen molar-refractivity contribution in [2.75, 3.05) is 56.5 Å². The Balaban J connectivity index is 1.67. The van der Waals surface area contributed by atoms with Gasteiger partial charge in [0.1, 0.15) is 0 Å². The van der Waals surface area contributed by atoms with Crippen LogP contribution < -0.4 is 10.2 Å². The highest BCUT2D eigenvalue weighted by Gasteiger charge is 2.15. The first-order chi connectivity index (χ1) is 13.1. The van der Waals surface area contributed by atoms with Crippen molar-refractivity contribution in [2.24, 2.45) is 0 Å². The van der Waals surface area contributed by atoms with Crippen molar-refractivity contribution in [1.29, 1.82) is 0 Å². The van der Waals surface area contributed by atoms with Crippen LogP contribution in [-0.4, -0.2) is 67.0 Å². The number of likely N-dealkylation sites (N-methyl/N-ethyl adjacent to an activating group) is 1. The number of aromatic nitrogens is 1. The first-order valence-electron chi connectivity index (χ1n) is 9.65. The number of carbonyl (C=O) groups is 1. The summed E-state index contributed by atoms with van der Waals surface area (Å²) in [5.74, 6) is 0.0153. The zero-order valence-electron chi connectivity index (χ0n) is 16.5. The lowest BCUT2D eigenvalue weighted by Gasteiger charge is -2.34. The van der Waals surface area contributed by atoms with E-state index in [1.165, 1.54) is 5.69 Å². The molecule has 2 heterocycles. The average molecular weight is 367 g/mol. The molecular formula is C21H29N5O. The Bertz CT molecular complexity index is 749. The smallest absolute Gasteiger partial charge is 0.255 e. The van der Waals surface area contributed by atoms with E-state index in [1.54, 1.807) is 17.3 Å². The maximum Gasteiger partial charge on any atom is 0.255 e. The number of benzene rings is 1. The zero-order chi connectivity index (χ0) is 19.2. The third-order valence-corrected chi connectivity index (χ3v) is 5.06. The largest absolute Gasteiger partial charge is 0.369 e. The number of piperazine rings is 1. The van der Waals surface area contributed by atoms with Gasteiger partial charge < -0.3 is 20.0 Å². The maximum absolute atomic E-state index is 12.5. The Hall–Kier alpha value is -2.60. The van der Waals surface area contributed by atoms with Crippen LogP contribution in [0.25, 0.3) is 0 Å². The normalized spacial score (nSPS) is 14.9. The van der Waals surface area contributed by atoms with Crippen LogP contribution in [0.3, 0.4) is 0 Å². The van der Waals surface area contributed by atoms with Crippen LogP contribution in [0, 0.1) is 0 Å². The molecular weight excluding hydrogens is 338 g/mol. The van der Waals surface area contributed by atoms with E-state index in [0.29, 0.717) is 18.7 Å². The molecule has 1 fully saturated rings. The molecule has 1 N–H and O–H groups in total. The molecule has 0 saturated carbocycles. The first kappa shape index (κ1) is 19.2. The van der Waals surface area contributed by atoms with Gasteiger partial charge in [0.25, 0.3) is 5.91 Å². The van der Waals surface area contributed by atoms with Crippen LogP contribution in [0.2, 0.25) is 0 Å². The number of nitrogens with zero attached hydrogens (tertiary/aromatic N) is 4. The third kappa shape index (κ3) is 4.77. The Morgan fingerprint density at radius 3 is 2.33 bits per heavy atom. The van der Waals surface area contributed by atoms with Crippen molar-refractivity contribution in [3.8, 4) is 0 Å². The van der Waals surface area contributed by atoms with Gasteiger partial charge >= 0.3 is 0 Å². The number of rotatable bonds is 6. The van der Waals surface area contributed by atoms with Crippen molar-refractivity contribution in [1.82, 2.24) is 14.8 Å². The van der Waals surface area contributed by atoms with E-state index in [1.807, 2.05) is 19.9 Å². The van der Waals surface area contributed by atoms with Crippen molar-refractivity contribution in [3.63, 3.8) is 0 Å². The van der Waals surface area contributed by atoms with Crippen molar-refractivity contribution >= 4 is 23.0 Å². The second-order valence-electron chi connectivity index (χ2n) is 6.90. The number of amides is 1. The number of anilines is 3. The minimum atomic E-state index is 0.0153. The summed E-state index contributed by atoms with van der Waals surface area (Å²) in [5, 5.41) is 3.35. The molecule has 1 aliphatic rings. The number of hydrogen-bond donors (Lipinski definition) is 1. The summed E-state index contributed by atoms with van der Waals surface area (Å²) in [4.78, 5) is 23.3. The molecule has 2 aromatic rings. The Morgan fingerprint density at radius 2 is 1.70 bits per heavy atom. The van der Waals surface area contributed by atoms with Gasteiger partial charge in [0.2, 0.25) is 0 Å². The molecule has 0 bridgehead atoms. The molecule has 1 aliphatic heterocycles. The minimum absolute atomic E-state index is 0.0153. The molecule has 0 aliphatic carbocycles. The second-order valence-corrected chi connectivity index (χ2v) is 6.90. The predicted octanol–water partition coefficient (Wildman–Crippen LogP) is 3.06. The van der Waals surface area contributed by atoms with Gasteiger partial charge in [-0.2, -0.15) is 0 Å². The van der Waals surface area contributed by atoms with Gasteiger partial charge in [-0.05, 0) is 51.2 Å². The molecule has 0 spiro atoms. The monoisotopic (exact) mass is 367 g/mol. The summed E-state index contributed by atoms with van der Waals surface area (Å²) in [7, 11) is 2.16. The van der Waals surface area contributed by atoms with E-state index in [-0.39, 0.29) is 5.91 Å². The molecule has 27 heavy (non-hydrogen) atoms. The summed E-state index contributed by atoms with van der Waals surface area (Å²) in [6, 6.07) is 10.3. The zero-order valence-corrected chi connectivity index (χ0v) is 16.5. The number of carbonyl (C=O) groups excluding carboxylic acids is 1. The fraction of sp³-hybridized carbons (Fsp3) is 0.429. The molecule has 6 nitrogen and oxygen atoms in total. The van der Waals surface area contributed by atoms with Gasteiger partial charge in [-0.3, -0.25) is 9.78 Å². The van der Waals surface area contributed by atoms with E-state index in [0.717, 1.165) is 37.6 Å². The number of pyridine rings is 1. The molecule has 144 valence electrons. The maximum atomic E-state index is 12.5. The van der Waals surface area contributed by atoms with Crippen LogP contribution in [0.5, 0.6) is 0 Å². The molecule has 1 saturated heterocycles.